The molecule has 0 atom stereocenters. The van der Waals surface area contributed by atoms with Crippen molar-refractivity contribution in [2.24, 2.45) is 0 Å². The molecule has 12 heteroatoms. The van der Waals surface area contributed by atoms with Crippen molar-refractivity contribution in [1.29, 1.82) is 0 Å². The molecule has 0 aromatic heterocycles. The molecule has 0 bridgehead atoms. The molecule has 0 unspecified atom stereocenters. The van der Waals surface area contributed by atoms with Crippen molar-refractivity contribution >= 4 is 15.6 Å². The number of aromatic hydroxyl groups is 2. The van der Waals surface area contributed by atoms with Gasteiger partial charge in [-0.25, -0.2) is 9.13 Å². The minimum atomic E-state index is -4.64. The summed E-state index contributed by atoms with van der Waals surface area (Å²) >= 11 is 0. The normalized spacial score (nSPS) is 10.5. The Morgan fingerprint density at radius 3 is 1.29 bits per heavy atom. The number of benzene rings is 2. The first-order valence-electron chi connectivity index (χ1n) is 5.93. The molecule has 2 aromatic carbocycles. The Bertz CT molecular complexity index is 647. The number of phenolic OH excluding ortho intramolecular Hbond substituents is 2. The maximum atomic E-state index is 10.3. The number of para-hydroxylation sites is 1. The standard InChI is InChI=1S/C6H7O4P.C6H6O2.H3O4P/c7-11(8,9)10-6-4-2-1-3-5-6;7-5-1-2-6(8)4-3-5;1-5(2,3)4/h1-5H,(H2,7,8,9);1-4,7-8H;(H3,1,2,3,4). The molecular weight excluding hydrogens is 366 g/mol. The van der Waals surface area contributed by atoms with E-state index in [-0.39, 0.29) is 17.2 Å². The van der Waals surface area contributed by atoms with Gasteiger partial charge >= 0.3 is 15.6 Å². The number of phosphoric ester groups is 1. The molecule has 0 saturated heterocycles. The van der Waals surface area contributed by atoms with Crippen LogP contribution in [0.4, 0.5) is 0 Å². The largest absolute Gasteiger partial charge is 0.524 e. The SMILES string of the molecule is O=P(O)(O)O.O=P(O)(O)Oc1ccccc1.Oc1ccc(O)cc1. The Morgan fingerprint density at radius 2 is 1.00 bits per heavy atom. The highest BCUT2D eigenvalue weighted by molar-refractivity contribution is 7.46. The molecule has 2 rings (SSSR count). The van der Waals surface area contributed by atoms with Crippen LogP contribution in [0.5, 0.6) is 17.2 Å². The summed E-state index contributed by atoms with van der Waals surface area (Å²) in [5, 5.41) is 17.3. The first-order valence-corrected chi connectivity index (χ1v) is 9.03. The minimum absolute atomic E-state index is 0.167. The number of hydrogen-bond donors (Lipinski definition) is 7. The first-order chi connectivity index (χ1) is 10.9. The lowest BCUT2D eigenvalue weighted by Gasteiger charge is -2.04. The predicted octanol–water partition coefficient (Wildman–Crippen LogP) is 1.33. The van der Waals surface area contributed by atoms with Crippen LogP contribution in [0.15, 0.2) is 54.6 Å². The molecule has 0 fully saturated rings. The molecule has 134 valence electrons. The Morgan fingerprint density at radius 1 is 0.667 bits per heavy atom. The van der Waals surface area contributed by atoms with Crippen LogP contribution in [-0.4, -0.2) is 34.7 Å². The fraction of sp³-hybridized carbons (Fsp3) is 0. The number of rotatable bonds is 2. The van der Waals surface area contributed by atoms with Gasteiger partial charge in [0.25, 0.3) is 0 Å². The van der Waals surface area contributed by atoms with E-state index in [1.54, 1.807) is 18.2 Å². The number of hydrogen-bond acceptors (Lipinski definition) is 5. The summed E-state index contributed by atoms with van der Waals surface area (Å²) in [6, 6.07) is 13.6. The zero-order valence-electron chi connectivity index (χ0n) is 11.9. The van der Waals surface area contributed by atoms with E-state index < -0.39 is 15.6 Å². The molecule has 10 nitrogen and oxygen atoms in total. The Balaban J connectivity index is 0.000000358. The van der Waals surface area contributed by atoms with Gasteiger partial charge in [0.05, 0.1) is 0 Å². The third-order valence-electron chi connectivity index (χ3n) is 1.82. The summed E-state index contributed by atoms with van der Waals surface area (Å²) < 4.78 is 23.4. The van der Waals surface area contributed by atoms with Crippen molar-refractivity contribution in [2.45, 2.75) is 0 Å². The molecule has 0 aliphatic rings. The van der Waals surface area contributed by atoms with Gasteiger partial charge in [-0.2, -0.15) is 0 Å². The van der Waals surface area contributed by atoms with Crippen LogP contribution in [0.2, 0.25) is 0 Å². The fourth-order valence-electron chi connectivity index (χ4n) is 1.07. The smallest absolute Gasteiger partial charge is 0.508 e. The van der Waals surface area contributed by atoms with Gasteiger partial charge in [0, 0.05) is 0 Å². The average Bonchev–Trinajstić information content (AvgIpc) is 2.40. The minimum Gasteiger partial charge on any atom is -0.508 e. The molecule has 0 aliphatic heterocycles. The van der Waals surface area contributed by atoms with E-state index in [4.69, 9.17) is 39.2 Å². The van der Waals surface area contributed by atoms with Gasteiger partial charge in [-0.15, -0.1) is 0 Å². The van der Waals surface area contributed by atoms with Gasteiger partial charge in [-0.3, -0.25) is 9.79 Å². The summed E-state index contributed by atoms with van der Waals surface area (Å²) in [6.45, 7) is 0. The molecule has 0 spiro atoms. The monoisotopic (exact) mass is 382 g/mol. The van der Waals surface area contributed by atoms with Crippen LogP contribution in [0.1, 0.15) is 0 Å². The zero-order valence-corrected chi connectivity index (χ0v) is 13.7. The van der Waals surface area contributed by atoms with E-state index in [9.17, 15) is 4.57 Å². The second-order valence-electron chi connectivity index (χ2n) is 3.92. The molecule has 2 aromatic rings. The topological polar surface area (TPSA) is 185 Å². The van der Waals surface area contributed by atoms with Gasteiger partial charge in [0.2, 0.25) is 0 Å². The number of phenols is 2. The lowest BCUT2D eigenvalue weighted by atomic mass is 10.3. The number of phosphoric acid groups is 2. The highest BCUT2D eigenvalue weighted by Gasteiger charge is 2.14. The molecule has 24 heavy (non-hydrogen) atoms. The summed E-state index contributed by atoms with van der Waals surface area (Å²) in [6.07, 6.45) is 0. The summed E-state index contributed by atoms with van der Waals surface area (Å²) in [5.41, 5.74) is 0. The fourth-order valence-corrected chi connectivity index (χ4v) is 1.47. The maximum absolute atomic E-state index is 10.3. The van der Waals surface area contributed by atoms with Gasteiger partial charge in [0.1, 0.15) is 17.2 Å². The van der Waals surface area contributed by atoms with E-state index in [1.165, 1.54) is 36.4 Å². The first kappa shape index (κ1) is 22.1. The second kappa shape index (κ2) is 10.1. The van der Waals surface area contributed by atoms with E-state index in [2.05, 4.69) is 4.52 Å². The Kier molecular flexibility index (Phi) is 9.27. The zero-order chi connectivity index (χ0) is 18.8. The van der Waals surface area contributed by atoms with Crippen LogP contribution < -0.4 is 4.52 Å². The Hall–Kier alpha value is -1.90. The molecular formula is C12H16O10P2. The average molecular weight is 382 g/mol. The molecule has 0 heterocycles. The molecule has 0 aliphatic carbocycles. The highest BCUT2D eigenvalue weighted by atomic mass is 31.2. The quantitative estimate of drug-likeness (QED) is 0.295. The van der Waals surface area contributed by atoms with E-state index >= 15 is 0 Å². The maximum Gasteiger partial charge on any atom is 0.524 e. The van der Waals surface area contributed by atoms with Crippen molar-refractivity contribution in [3.05, 3.63) is 54.6 Å². The van der Waals surface area contributed by atoms with Gasteiger partial charge < -0.3 is 29.4 Å². The van der Waals surface area contributed by atoms with E-state index in [0.717, 1.165) is 0 Å². The lowest BCUT2D eigenvalue weighted by Crippen LogP contribution is -1.88. The van der Waals surface area contributed by atoms with Gasteiger partial charge in [-0.05, 0) is 36.4 Å². The van der Waals surface area contributed by atoms with Gasteiger partial charge in [0.15, 0.2) is 0 Å². The van der Waals surface area contributed by atoms with E-state index in [1.807, 2.05) is 0 Å². The van der Waals surface area contributed by atoms with E-state index in [0.29, 0.717) is 0 Å². The van der Waals surface area contributed by atoms with Gasteiger partial charge in [-0.1, -0.05) is 18.2 Å². The van der Waals surface area contributed by atoms with Crippen LogP contribution >= 0.6 is 15.6 Å². The van der Waals surface area contributed by atoms with Crippen molar-refractivity contribution in [2.75, 3.05) is 0 Å². The van der Waals surface area contributed by atoms with Crippen LogP contribution in [0.25, 0.3) is 0 Å². The third-order valence-corrected chi connectivity index (χ3v) is 2.27. The molecule has 0 amide bonds. The van der Waals surface area contributed by atoms with Crippen LogP contribution in [0.3, 0.4) is 0 Å². The van der Waals surface area contributed by atoms with Crippen molar-refractivity contribution in [3.8, 4) is 17.2 Å². The van der Waals surface area contributed by atoms with Crippen molar-refractivity contribution < 1.29 is 48.3 Å². The second-order valence-corrected chi connectivity index (χ2v) is 6.11. The third kappa shape index (κ3) is 16.5. The summed E-state index contributed by atoms with van der Waals surface area (Å²) in [4.78, 5) is 38.3. The summed E-state index contributed by atoms with van der Waals surface area (Å²) in [5.74, 6) is 0.506. The molecule has 7 N–H and O–H groups in total. The van der Waals surface area contributed by atoms with Crippen LogP contribution in [0, 0.1) is 0 Å². The molecule has 0 saturated carbocycles. The highest BCUT2D eigenvalue weighted by Crippen LogP contribution is 2.36. The lowest BCUT2D eigenvalue weighted by molar-refractivity contribution is 0.274. The van der Waals surface area contributed by atoms with Crippen LogP contribution in [-0.2, 0) is 9.13 Å². The van der Waals surface area contributed by atoms with Crippen molar-refractivity contribution in [1.82, 2.24) is 0 Å². The predicted molar refractivity (Wildman–Crippen MR) is 83.1 cm³/mol. The summed E-state index contributed by atoms with van der Waals surface area (Å²) in [7, 11) is -9.03. The Labute approximate surface area is 136 Å². The molecule has 0 radical (unpaired) electrons. The van der Waals surface area contributed by atoms with Crippen molar-refractivity contribution in [3.63, 3.8) is 0 Å².